The Labute approximate surface area is 152 Å². The number of anilines is 1. The van der Waals surface area contributed by atoms with Crippen molar-refractivity contribution in [3.8, 4) is 0 Å². The van der Waals surface area contributed by atoms with E-state index in [1.807, 2.05) is 12.1 Å². The van der Waals surface area contributed by atoms with Crippen molar-refractivity contribution in [1.82, 2.24) is 10.2 Å². The molecule has 136 valence electrons. The predicted molar refractivity (Wildman–Crippen MR) is 96.5 cm³/mol. The number of nitrogens with zero attached hydrogens (tertiary/aromatic N) is 1. The number of piperidine rings is 1. The SMILES string of the molecule is Cl.NCCCCNc1ccc2c(c1)CN(C1CCC(=O)NC1=O)C2=O. The Bertz CT molecular complexity index is 680. The van der Waals surface area contributed by atoms with E-state index < -0.39 is 6.04 Å². The van der Waals surface area contributed by atoms with Gasteiger partial charge in [0, 0.05) is 30.8 Å². The number of hydrogen-bond donors (Lipinski definition) is 3. The molecule has 3 rings (SSSR count). The molecule has 1 aromatic rings. The van der Waals surface area contributed by atoms with Gasteiger partial charge in [0.25, 0.3) is 5.91 Å². The number of unbranched alkanes of at least 4 members (excludes halogenated alkanes) is 1. The monoisotopic (exact) mass is 366 g/mol. The standard InChI is InChI=1S/C17H22N4O3.ClH/c18-7-1-2-8-19-12-3-4-13-11(9-12)10-21(17(13)24)14-5-6-15(22)20-16(14)23;/h3-4,9,14,19H,1-2,5-8,10,18H2,(H,20,22,23);1H. The Morgan fingerprint density at radius 1 is 1.24 bits per heavy atom. The fourth-order valence-electron chi connectivity index (χ4n) is 3.19. The molecule has 1 fully saturated rings. The van der Waals surface area contributed by atoms with Crippen LogP contribution in [-0.2, 0) is 16.1 Å². The zero-order valence-corrected chi connectivity index (χ0v) is 14.7. The largest absolute Gasteiger partial charge is 0.385 e. The number of imide groups is 1. The molecule has 2 heterocycles. The molecular weight excluding hydrogens is 344 g/mol. The van der Waals surface area contributed by atoms with E-state index in [0.717, 1.165) is 30.6 Å². The van der Waals surface area contributed by atoms with Gasteiger partial charge in [-0.1, -0.05) is 0 Å². The highest BCUT2D eigenvalue weighted by molar-refractivity contribution is 6.05. The fourth-order valence-corrected chi connectivity index (χ4v) is 3.19. The highest BCUT2D eigenvalue weighted by Gasteiger charge is 2.38. The van der Waals surface area contributed by atoms with Crippen molar-refractivity contribution < 1.29 is 14.4 Å². The van der Waals surface area contributed by atoms with Gasteiger partial charge < -0.3 is 16.0 Å². The molecule has 2 aliphatic heterocycles. The summed E-state index contributed by atoms with van der Waals surface area (Å²) in [4.78, 5) is 37.4. The van der Waals surface area contributed by atoms with Crippen LogP contribution in [0.5, 0.6) is 0 Å². The summed E-state index contributed by atoms with van der Waals surface area (Å²) in [5.41, 5.74) is 7.98. The van der Waals surface area contributed by atoms with Crippen LogP contribution in [0.3, 0.4) is 0 Å². The van der Waals surface area contributed by atoms with Gasteiger partial charge >= 0.3 is 0 Å². The van der Waals surface area contributed by atoms with Crippen LogP contribution in [-0.4, -0.2) is 41.8 Å². The number of nitrogens with one attached hydrogen (secondary N) is 2. The van der Waals surface area contributed by atoms with Crippen molar-refractivity contribution >= 4 is 35.8 Å². The summed E-state index contributed by atoms with van der Waals surface area (Å²) in [6.45, 7) is 1.92. The van der Waals surface area contributed by atoms with Crippen LogP contribution < -0.4 is 16.4 Å². The quantitative estimate of drug-likeness (QED) is 0.515. The number of nitrogens with two attached hydrogens (primary N) is 1. The molecule has 1 unspecified atom stereocenters. The first kappa shape index (κ1) is 19.2. The van der Waals surface area contributed by atoms with E-state index in [0.29, 0.717) is 25.1 Å². The third-order valence-electron chi connectivity index (χ3n) is 4.48. The Morgan fingerprint density at radius 2 is 2.04 bits per heavy atom. The summed E-state index contributed by atoms with van der Waals surface area (Å²) in [7, 11) is 0. The number of benzene rings is 1. The Balaban J connectivity index is 0.00000225. The molecule has 3 amide bonds. The molecule has 0 aromatic heterocycles. The minimum Gasteiger partial charge on any atom is -0.385 e. The lowest BCUT2D eigenvalue weighted by molar-refractivity contribution is -0.136. The maximum atomic E-state index is 12.6. The summed E-state index contributed by atoms with van der Waals surface area (Å²) in [6.07, 6.45) is 2.62. The van der Waals surface area contributed by atoms with Crippen molar-refractivity contribution in [2.24, 2.45) is 5.73 Å². The molecule has 0 radical (unpaired) electrons. The number of rotatable bonds is 6. The maximum absolute atomic E-state index is 12.6. The molecule has 0 bridgehead atoms. The van der Waals surface area contributed by atoms with Gasteiger partial charge in [-0.25, -0.2) is 0 Å². The van der Waals surface area contributed by atoms with Gasteiger partial charge in [0.2, 0.25) is 11.8 Å². The van der Waals surface area contributed by atoms with Crippen LogP contribution in [0.2, 0.25) is 0 Å². The van der Waals surface area contributed by atoms with Crippen molar-refractivity contribution in [2.75, 3.05) is 18.4 Å². The summed E-state index contributed by atoms with van der Waals surface area (Å²) < 4.78 is 0. The topological polar surface area (TPSA) is 105 Å². The molecule has 4 N–H and O–H groups in total. The number of halogens is 1. The van der Waals surface area contributed by atoms with E-state index in [-0.39, 0.29) is 36.5 Å². The first-order valence-electron chi connectivity index (χ1n) is 8.31. The third-order valence-corrected chi connectivity index (χ3v) is 4.48. The lowest BCUT2D eigenvalue weighted by atomic mass is 10.0. The van der Waals surface area contributed by atoms with Gasteiger partial charge in [-0.15, -0.1) is 12.4 Å². The number of hydrogen-bond acceptors (Lipinski definition) is 5. The van der Waals surface area contributed by atoms with Gasteiger partial charge in [-0.2, -0.15) is 0 Å². The van der Waals surface area contributed by atoms with Crippen LogP contribution >= 0.6 is 12.4 Å². The van der Waals surface area contributed by atoms with Gasteiger partial charge in [0.15, 0.2) is 0 Å². The van der Waals surface area contributed by atoms with E-state index in [2.05, 4.69) is 10.6 Å². The van der Waals surface area contributed by atoms with Crippen LogP contribution in [0.4, 0.5) is 5.69 Å². The predicted octanol–water partition coefficient (Wildman–Crippen LogP) is 1.02. The molecule has 25 heavy (non-hydrogen) atoms. The lowest BCUT2D eigenvalue weighted by Crippen LogP contribution is -2.52. The molecule has 0 spiro atoms. The Morgan fingerprint density at radius 3 is 2.76 bits per heavy atom. The van der Waals surface area contributed by atoms with E-state index in [1.54, 1.807) is 11.0 Å². The minimum atomic E-state index is -0.566. The van der Waals surface area contributed by atoms with E-state index in [9.17, 15) is 14.4 Å². The summed E-state index contributed by atoms with van der Waals surface area (Å²) in [5, 5.41) is 5.63. The summed E-state index contributed by atoms with van der Waals surface area (Å²) in [5.74, 6) is -0.800. The number of carbonyl (C=O) groups excluding carboxylic acids is 3. The van der Waals surface area contributed by atoms with Gasteiger partial charge in [-0.3, -0.25) is 19.7 Å². The van der Waals surface area contributed by atoms with Gasteiger partial charge in [-0.05, 0) is 49.6 Å². The molecule has 8 heteroatoms. The molecule has 1 saturated heterocycles. The zero-order chi connectivity index (χ0) is 17.1. The summed E-state index contributed by atoms with van der Waals surface area (Å²) in [6, 6.07) is 5.08. The minimum absolute atomic E-state index is 0. The van der Waals surface area contributed by atoms with Crippen LogP contribution in [0.15, 0.2) is 18.2 Å². The average molecular weight is 367 g/mol. The Kier molecular flexibility index (Phi) is 6.39. The molecule has 7 nitrogen and oxygen atoms in total. The van der Waals surface area contributed by atoms with Crippen molar-refractivity contribution in [1.29, 1.82) is 0 Å². The van der Waals surface area contributed by atoms with Gasteiger partial charge in [0.05, 0.1) is 0 Å². The lowest BCUT2D eigenvalue weighted by Gasteiger charge is -2.29. The fraction of sp³-hybridized carbons (Fsp3) is 0.471. The zero-order valence-electron chi connectivity index (χ0n) is 13.9. The van der Waals surface area contributed by atoms with Gasteiger partial charge in [0.1, 0.15) is 6.04 Å². The van der Waals surface area contributed by atoms with Crippen LogP contribution in [0.1, 0.15) is 41.6 Å². The molecule has 1 atom stereocenters. The second-order valence-electron chi connectivity index (χ2n) is 6.19. The maximum Gasteiger partial charge on any atom is 0.255 e. The van der Waals surface area contributed by atoms with Crippen molar-refractivity contribution in [3.63, 3.8) is 0 Å². The first-order chi connectivity index (χ1) is 11.6. The molecule has 0 aliphatic carbocycles. The highest BCUT2D eigenvalue weighted by atomic mass is 35.5. The normalized spacial score (nSPS) is 19.3. The third kappa shape index (κ3) is 4.11. The van der Waals surface area contributed by atoms with Crippen LogP contribution in [0.25, 0.3) is 0 Å². The second-order valence-corrected chi connectivity index (χ2v) is 6.19. The van der Waals surface area contributed by atoms with E-state index in [1.165, 1.54) is 0 Å². The highest BCUT2D eigenvalue weighted by Crippen LogP contribution is 2.29. The number of amides is 3. The Hall–Kier alpha value is -2.12. The molecule has 1 aromatic carbocycles. The average Bonchev–Trinajstić information content (AvgIpc) is 2.88. The van der Waals surface area contributed by atoms with E-state index in [4.69, 9.17) is 5.73 Å². The molecule has 0 saturated carbocycles. The van der Waals surface area contributed by atoms with E-state index >= 15 is 0 Å². The number of carbonyl (C=O) groups is 3. The first-order valence-corrected chi connectivity index (χ1v) is 8.31. The summed E-state index contributed by atoms with van der Waals surface area (Å²) >= 11 is 0. The van der Waals surface area contributed by atoms with Crippen LogP contribution in [0, 0.1) is 0 Å². The molecular formula is C17H23ClN4O3. The smallest absolute Gasteiger partial charge is 0.255 e. The van der Waals surface area contributed by atoms with Crippen molar-refractivity contribution in [3.05, 3.63) is 29.3 Å². The second kappa shape index (κ2) is 8.31. The number of fused-ring (bicyclic) bond motifs is 1. The van der Waals surface area contributed by atoms with Crippen molar-refractivity contribution in [2.45, 2.75) is 38.3 Å². The molecule has 2 aliphatic rings.